The van der Waals surface area contributed by atoms with Crippen LogP contribution < -0.4 is 9.64 Å². The molecule has 1 aliphatic rings. The van der Waals surface area contributed by atoms with Crippen LogP contribution in [-0.4, -0.2) is 39.5 Å². The number of hydrogen-bond acceptors (Lipinski definition) is 2. The second kappa shape index (κ2) is 7.65. The molecule has 1 N–H and O–H groups in total. The lowest BCUT2D eigenvalue weighted by Crippen LogP contribution is -3.10. The zero-order valence-electron chi connectivity index (χ0n) is 13.1. The van der Waals surface area contributed by atoms with Gasteiger partial charge in [-0.3, -0.25) is 0 Å². The number of likely N-dealkylation sites (tertiary alicyclic amines) is 1. The summed E-state index contributed by atoms with van der Waals surface area (Å²) in [6.07, 6.45) is 2.76. The van der Waals surface area contributed by atoms with Gasteiger partial charge in [0.15, 0.2) is 0 Å². The highest BCUT2D eigenvalue weighted by Gasteiger charge is 2.14. The van der Waals surface area contributed by atoms with E-state index in [1.165, 1.54) is 42.6 Å². The second-order valence-electron chi connectivity index (χ2n) is 5.87. The van der Waals surface area contributed by atoms with E-state index in [0.29, 0.717) is 13.2 Å². The van der Waals surface area contributed by atoms with E-state index in [0.717, 1.165) is 18.9 Å². The Morgan fingerprint density at radius 1 is 1.00 bits per heavy atom. The van der Waals surface area contributed by atoms with Crippen LogP contribution >= 0.6 is 0 Å². The first-order valence-electron chi connectivity index (χ1n) is 7.79. The summed E-state index contributed by atoms with van der Waals surface area (Å²) >= 11 is 0. The largest absolute Gasteiger partial charge is 0.491 e. The van der Waals surface area contributed by atoms with Crippen LogP contribution in [0.3, 0.4) is 0 Å². The quantitative estimate of drug-likeness (QED) is 0.767. The highest BCUT2D eigenvalue weighted by atomic mass is 16.5. The fourth-order valence-corrected chi connectivity index (χ4v) is 2.80. The van der Waals surface area contributed by atoms with Gasteiger partial charge in [-0.15, -0.1) is 0 Å². The van der Waals surface area contributed by atoms with E-state index >= 15 is 0 Å². The van der Waals surface area contributed by atoms with Crippen LogP contribution in [-0.2, 0) is 4.74 Å². The predicted octanol–water partition coefficient (Wildman–Crippen LogP) is 1.69. The highest BCUT2D eigenvalue weighted by molar-refractivity contribution is 5.41. The Balaban J connectivity index is 1.63. The van der Waals surface area contributed by atoms with E-state index in [2.05, 4.69) is 32.9 Å². The highest BCUT2D eigenvalue weighted by Crippen LogP contribution is 2.23. The minimum Gasteiger partial charge on any atom is -0.491 e. The van der Waals surface area contributed by atoms with E-state index < -0.39 is 0 Å². The monoisotopic (exact) mass is 278 g/mol. The molecule has 0 spiro atoms. The van der Waals surface area contributed by atoms with Crippen LogP contribution in [0.2, 0.25) is 0 Å². The molecule has 1 aliphatic heterocycles. The Bertz CT molecular complexity index is 425. The summed E-state index contributed by atoms with van der Waals surface area (Å²) in [5.41, 5.74) is 3.78. The summed E-state index contributed by atoms with van der Waals surface area (Å²) in [4.78, 5) is 1.69. The third kappa shape index (κ3) is 4.50. The lowest BCUT2D eigenvalue weighted by molar-refractivity contribution is -0.887. The molecule has 3 heteroatoms. The van der Waals surface area contributed by atoms with Crippen molar-refractivity contribution < 1.29 is 14.4 Å². The van der Waals surface area contributed by atoms with Crippen LogP contribution in [0.5, 0.6) is 5.75 Å². The molecule has 0 unspecified atom stereocenters. The minimum atomic E-state index is 0.638. The molecular weight excluding hydrogens is 250 g/mol. The summed E-state index contributed by atoms with van der Waals surface area (Å²) in [5, 5.41) is 0. The Hall–Kier alpha value is -1.06. The maximum Gasteiger partial charge on any atom is 0.122 e. The van der Waals surface area contributed by atoms with Crippen LogP contribution in [0.15, 0.2) is 12.1 Å². The number of rotatable bonds is 7. The van der Waals surface area contributed by atoms with Crippen LogP contribution in [0.25, 0.3) is 0 Å². The summed E-state index contributed by atoms with van der Waals surface area (Å²) in [6, 6.07) is 4.30. The van der Waals surface area contributed by atoms with E-state index in [1.54, 1.807) is 4.90 Å². The number of quaternary nitrogens is 1. The van der Waals surface area contributed by atoms with E-state index in [9.17, 15) is 0 Å². The lowest BCUT2D eigenvalue weighted by atomic mass is 10.1. The van der Waals surface area contributed by atoms with Crippen molar-refractivity contribution in [1.29, 1.82) is 0 Å². The molecule has 1 heterocycles. The van der Waals surface area contributed by atoms with Gasteiger partial charge in [0, 0.05) is 12.8 Å². The van der Waals surface area contributed by atoms with Gasteiger partial charge in [0.05, 0.1) is 26.3 Å². The maximum absolute atomic E-state index is 5.84. The molecule has 1 aromatic carbocycles. The van der Waals surface area contributed by atoms with Crippen molar-refractivity contribution in [2.75, 3.05) is 39.5 Å². The molecule has 0 amide bonds. The summed E-state index contributed by atoms with van der Waals surface area (Å²) in [7, 11) is 0. The van der Waals surface area contributed by atoms with Crippen molar-refractivity contribution in [3.05, 3.63) is 28.8 Å². The first kappa shape index (κ1) is 15.3. The molecule has 0 aliphatic carbocycles. The van der Waals surface area contributed by atoms with Crippen LogP contribution in [0.4, 0.5) is 0 Å². The SMILES string of the molecule is Cc1cc(C)c(C)c(OCCOCC[NH+]2CCCC2)c1. The third-order valence-electron chi connectivity index (χ3n) is 4.16. The number of hydrogen-bond donors (Lipinski definition) is 1. The lowest BCUT2D eigenvalue weighted by Gasteiger charge is -2.14. The van der Waals surface area contributed by atoms with Crippen molar-refractivity contribution in [2.45, 2.75) is 33.6 Å². The van der Waals surface area contributed by atoms with Gasteiger partial charge in [0.25, 0.3) is 0 Å². The first-order chi connectivity index (χ1) is 9.66. The standard InChI is InChI=1S/C17H27NO2/c1-14-12-15(2)16(3)17(13-14)20-11-10-19-9-8-18-6-4-5-7-18/h12-13H,4-11H2,1-3H3/p+1. The van der Waals surface area contributed by atoms with Gasteiger partial charge in [-0.2, -0.15) is 0 Å². The second-order valence-corrected chi connectivity index (χ2v) is 5.87. The minimum absolute atomic E-state index is 0.638. The molecule has 0 atom stereocenters. The van der Waals surface area contributed by atoms with E-state index in [-0.39, 0.29) is 0 Å². The fraction of sp³-hybridized carbons (Fsp3) is 0.647. The van der Waals surface area contributed by atoms with E-state index in [1.807, 2.05) is 0 Å². The molecule has 20 heavy (non-hydrogen) atoms. The van der Waals surface area contributed by atoms with Crippen LogP contribution in [0, 0.1) is 20.8 Å². The molecule has 0 bridgehead atoms. The van der Waals surface area contributed by atoms with Gasteiger partial charge < -0.3 is 14.4 Å². The van der Waals surface area contributed by atoms with Crippen LogP contribution in [0.1, 0.15) is 29.5 Å². The molecule has 0 radical (unpaired) electrons. The van der Waals surface area contributed by atoms with Gasteiger partial charge in [0.2, 0.25) is 0 Å². The van der Waals surface area contributed by atoms with Gasteiger partial charge in [-0.05, 0) is 43.5 Å². The number of aryl methyl sites for hydroxylation is 2. The smallest absolute Gasteiger partial charge is 0.122 e. The van der Waals surface area contributed by atoms with Gasteiger partial charge in [0.1, 0.15) is 18.9 Å². The molecule has 1 fully saturated rings. The molecule has 0 aromatic heterocycles. The number of ether oxygens (including phenoxy) is 2. The third-order valence-corrected chi connectivity index (χ3v) is 4.16. The van der Waals surface area contributed by atoms with E-state index in [4.69, 9.17) is 9.47 Å². The summed E-state index contributed by atoms with van der Waals surface area (Å²) < 4.78 is 11.5. The molecule has 112 valence electrons. The molecule has 1 aromatic rings. The van der Waals surface area contributed by atoms with Crippen molar-refractivity contribution in [1.82, 2.24) is 0 Å². The summed E-state index contributed by atoms with van der Waals surface area (Å²) in [6.45, 7) is 12.3. The molecule has 0 saturated carbocycles. The average Bonchev–Trinajstić information content (AvgIpc) is 2.92. The molecule has 2 rings (SSSR count). The first-order valence-corrected chi connectivity index (χ1v) is 7.79. The van der Waals surface area contributed by atoms with Gasteiger partial charge in [-0.1, -0.05) is 6.07 Å². The molecule has 1 saturated heterocycles. The van der Waals surface area contributed by atoms with Crippen molar-refractivity contribution >= 4 is 0 Å². The Kier molecular flexibility index (Phi) is 5.86. The fourth-order valence-electron chi connectivity index (χ4n) is 2.80. The van der Waals surface area contributed by atoms with Gasteiger partial charge >= 0.3 is 0 Å². The Morgan fingerprint density at radius 2 is 1.75 bits per heavy atom. The van der Waals surface area contributed by atoms with Crippen molar-refractivity contribution in [2.24, 2.45) is 0 Å². The Labute approximate surface area is 122 Å². The summed E-state index contributed by atoms with van der Waals surface area (Å²) in [5.74, 6) is 0.997. The van der Waals surface area contributed by atoms with Crippen molar-refractivity contribution in [3.63, 3.8) is 0 Å². The topological polar surface area (TPSA) is 22.9 Å². The van der Waals surface area contributed by atoms with Crippen molar-refractivity contribution in [3.8, 4) is 5.75 Å². The number of nitrogens with one attached hydrogen (secondary N) is 1. The Morgan fingerprint density at radius 3 is 2.50 bits per heavy atom. The zero-order valence-corrected chi connectivity index (χ0v) is 13.1. The molecular formula is C17H28NO2+. The zero-order chi connectivity index (χ0) is 14.4. The number of benzene rings is 1. The molecule has 3 nitrogen and oxygen atoms in total. The normalized spacial score (nSPS) is 15.8. The maximum atomic E-state index is 5.84. The van der Waals surface area contributed by atoms with Gasteiger partial charge in [-0.25, -0.2) is 0 Å². The predicted molar refractivity (Wildman–Crippen MR) is 81.8 cm³/mol. The average molecular weight is 278 g/mol.